The van der Waals surface area contributed by atoms with Gasteiger partial charge in [0.15, 0.2) is 0 Å². The number of hydrogen-bond acceptors (Lipinski definition) is 5. The molecule has 1 aliphatic heterocycles. The zero-order chi connectivity index (χ0) is 16.2. The van der Waals surface area contributed by atoms with Crippen LogP contribution in [0.1, 0.15) is 23.2 Å². The number of rotatable bonds is 6. The Bertz CT molecular complexity index is 610. The minimum absolute atomic E-state index is 0.255. The fourth-order valence-electron chi connectivity index (χ4n) is 3.39. The van der Waals surface area contributed by atoms with Crippen LogP contribution in [-0.4, -0.2) is 57.0 Å². The van der Waals surface area contributed by atoms with Gasteiger partial charge in [0.1, 0.15) is 0 Å². The van der Waals surface area contributed by atoms with E-state index in [0.29, 0.717) is 6.04 Å². The van der Waals surface area contributed by atoms with Crippen LogP contribution in [-0.2, 0) is 20.1 Å². The summed E-state index contributed by atoms with van der Waals surface area (Å²) in [6.45, 7) is 7.42. The number of aliphatic hydroxyl groups excluding tert-OH is 1. The highest BCUT2D eigenvalue weighted by Crippen LogP contribution is 2.20. The Morgan fingerprint density at radius 3 is 2.87 bits per heavy atom. The molecule has 0 spiro atoms. The molecule has 0 amide bonds. The van der Waals surface area contributed by atoms with Gasteiger partial charge in [-0.3, -0.25) is 14.5 Å². The van der Waals surface area contributed by atoms with Crippen LogP contribution < -0.4 is 0 Å². The van der Waals surface area contributed by atoms with E-state index in [0.717, 1.165) is 44.8 Å². The molecule has 6 heteroatoms. The van der Waals surface area contributed by atoms with Gasteiger partial charge >= 0.3 is 0 Å². The molecular formula is C17H26N4OS. The molecule has 1 fully saturated rings. The monoisotopic (exact) mass is 334 g/mol. The van der Waals surface area contributed by atoms with Crippen molar-refractivity contribution in [3.63, 3.8) is 0 Å². The Labute approximate surface area is 142 Å². The second-order valence-corrected chi connectivity index (χ2v) is 7.20. The summed E-state index contributed by atoms with van der Waals surface area (Å²) in [4.78, 5) is 5.01. The molecule has 1 aliphatic rings. The largest absolute Gasteiger partial charge is 0.396 e. The lowest BCUT2D eigenvalue weighted by Gasteiger charge is -2.41. The molecule has 0 bridgehead atoms. The van der Waals surface area contributed by atoms with Gasteiger partial charge in [-0.15, -0.1) is 0 Å². The number of hydrogen-bond donors (Lipinski definition) is 1. The standard InChI is InChI=1S/C17H26N4OS/c1-14-16(10-19(2)18-14)11-20-5-6-21(17(12-20)3-7-22)9-15-4-8-23-13-15/h4,8,10,13,17,22H,3,5-7,9,11-12H2,1-2H3/t17-/m0/s1. The highest BCUT2D eigenvalue weighted by Gasteiger charge is 2.27. The highest BCUT2D eigenvalue weighted by molar-refractivity contribution is 7.07. The maximum atomic E-state index is 9.43. The third-order valence-electron chi connectivity index (χ3n) is 4.63. The van der Waals surface area contributed by atoms with Crippen LogP contribution in [0.2, 0.25) is 0 Å². The Hall–Kier alpha value is -1.21. The molecule has 0 aliphatic carbocycles. The summed E-state index contributed by atoms with van der Waals surface area (Å²) in [6.07, 6.45) is 2.96. The van der Waals surface area contributed by atoms with E-state index in [1.165, 1.54) is 11.1 Å². The number of aliphatic hydroxyl groups is 1. The van der Waals surface area contributed by atoms with E-state index in [1.54, 1.807) is 11.3 Å². The maximum absolute atomic E-state index is 9.43. The summed E-state index contributed by atoms with van der Waals surface area (Å²) in [6, 6.07) is 2.62. The molecule has 3 rings (SSSR count). The van der Waals surface area contributed by atoms with Crippen molar-refractivity contribution in [2.45, 2.75) is 32.5 Å². The molecular weight excluding hydrogens is 308 g/mol. The first-order valence-electron chi connectivity index (χ1n) is 8.23. The lowest BCUT2D eigenvalue weighted by atomic mass is 10.1. The van der Waals surface area contributed by atoms with E-state index in [2.05, 4.69) is 44.8 Å². The van der Waals surface area contributed by atoms with Crippen molar-refractivity contribution < 1.29 is 5.11 Å². The van der Waals surface area contributed by atoms with Crippen molar-refractivity contribution in [1.82, 2.24) is 19.6 Å². The normalized spacial score (nSPS) is 20.2. The van der Waals surface area contributed by atoms with Gasteiger partial charge in [0.2, 0.25) is 0 Å². The van der Waals surface area contributed by atoms with Crippen LogP contribution in [0.3, 0.4) is 0 Å². The minimum atomic E-state index is 0.255. The fourth-order valence-corrected chi connectivity index (χ4v) is 4.05. The van der Waals surface area contributed by atoms with Crippen molar-refractivity contribution in [3.8, 4) is 0 Å². The van der Waals surface area contributed by atoms with E-state index in [1.807, 2.05) is 11.7 Å². The summed E-state index contributed by atoms with van der Waals surface area (Å²) in [5.74, 6) is 0. The molecule has 1 saturated heterocycles. The number of nitrogens with zero attached hydrogens (tertiary/aromatic N) is 4. The second-order valence-electron chi connectivity index (χ2n) is 6.42. The maximum Gasteiger partial charge on any atom is 0.0638 e. The van der Waals surface area contributed by atoms with Gasteiger partial charge < -0.3 is 5.11 Å². The predicted octanol–water partition coefficient (Wildman–Crippen LogP) is 1.86. The van der Waals surface area contributed by atoms with Crippen LogP contribution in [0.25, 0.3) is 0 Å². The Morgan fingerprint density at radius 2 is 2.22 bits per heavy atom. The molecule has 0 unspecified atom stereocenters. The molecule has 0 aromatic carbocycles. The molecule has 126 valence electrons. The molecule has 0 radical (unpaired) electrons. The predicted molar refractivity (Wildman–Crippen MR) is 93.4 cm³/mol. The summed E-state index contributed by atoms with van der Waals surface area (Å²) >= 11 is 1.75. The van der Waals surface area contributed by atoms with Crippen molar-refractivity contribution >= 4 is 11.3 Å². The molecule has 3 heterocycles. The van der Waals surface area contributed by atoms with Gasteiger partial charge in [0.25, 0.3) is 0 Å². The molecule has 1 N–H and O–H groups in total. The highest BCUT2D eigenvalue weighted by atomic mass is 32.1. The molecule has 5 nitrogen and oxygen atoms in total. The van der Waals surface area contributed by atoms with Crippen molar-refractivity contribution in [2.24, 2.45) is 7.05 Å². The zero-order valence-corrected chi connectivity index (χ0v) is 14.8. The Morgan fingerprint density at radius 1 is 1.35 bits per heavy atom. The summed E-state index contributed by atoms with van der Waals surface area (Å²) < 4.78 is 1.89. The Kier molecular flexibility index (Phi) is 5.48. The molecule has 1 atom stereocenters. The van der Waals surface area contributed by atoms with Crippen LogP contribution in [0, 0.1) is 6.92 Å². The lowest BCUT2D eigenvalue weighted by molar-refractivity contribution is 0.0499. The van der Waals surface area contributed by atoms with Gasteiger partial charge in [-0.05, 0) is 35.7 Å². The smallest absolute Gasteiger partial charge is 0.0638 e. The number of aromatic nitrogens is 2. The van der Waals surface area contributed by atoms with E-state index < -0.39 is 0 Å². The van der Waals surface area contributed by atoms with E-state index >= 15 is 0 Å². The summed E-state index contributed by atoms with van der Waals surface area (Å²) in [7, 11) is 1.98. The first-order valence-corrected chi connectivity index (χ1v) is 9.17. The second kappa shape index (κ2) is 7.57. The third-order valence-corrected chi connectivity index (χ3v) is 5.36. The van der Waals surface area contributed by atoms with Crippen LogP contribution in [0.15, 0.2) is 23.0 Å². The van der Waals surface area contributed by atoms with Gasteiger partial charge in [0.05, 0.1) is 5.69 Å². The van der Waals surface area contributed by atoms with Gasteiger partial charge in [-0.2, -0.15) is 16.4 Å². The molecule has 23 heavy (non-hydrogen) atoms. The third kappa shape index (κ3) is 4.20. The number of piperazine rings is 1. The van der Waals surface area contributed by atoms with Crippen molar-refractivity contribution in [3.05, 3.63) is 39.8 Å². The van der Waals surface area contributed by atoms with E-state index in [-0.39, 0.29) is 6.61 Å². The van der Waals surface area contributed by atoms with E-state index in [9.17, 15) is 5.11 Å². The minimum Gasteiger partial charge on any atom is -0.396 e. The molecule has 2 aromatic heterocycles. The lowest BCUT2D eigenvalue weighted by Crippen LogP contribution is -2.52. The molecule has 0 saturated carbocycles. The average Bonchev–Trinajstić information content (AvgIpc) is 3.12. The van der Waals surface area contributed by atoms with Gasteiger partial charge in [-0.1, -0.05) is 0 Å². The van der Waals surface area contributed by atoms with Crippen LogP contribution in [0.5, 0.6) is 0 Å². The van der Waals surface area contributed by atoms with Crippen LogP contribution in [0.4, 0.5) is 0 Å². The van der Waals surface area contributed by atoms with Gasteiger partial charge in [0, 0.05) is 64.2 Å². The number of aryl methyl sites for hydroxylation is 2. The molecule has 2 aromatic rings. The Balaban J connectivity index is 1.62. The van der Waals surface area contributed by atoms with Gasteiger partial charge in [-0.25, -0.2) is 0 Å². The number of thiophene rings is 1. The van der Waals surface area contributed by atoms with Crippen molar-refractivity contribution in [2.75, 3.05) is 26.2 Å². The van der Waals surface area contributed by atoms with E-state index in [4.69, 9.17) is 0 Å². The first-order chi connectivity index (χ1) is 11.2. The fraction of sp³-hybridized carbons (Fsp3) is 0.588. The quantitative estimate of drug-likeness (QED) is 0.876. The summed E-state index contributed by atoms with van der Waals surface area (Å²) in [5, 5.41) is 18.2. The topological polar surface area (TPSA) is 44.5 Å². The average molecular weight is 334 g/mol. The first kappa shape index (κ1) is 16.6. The summed E-state index contributed by atoms with van der Waals surface area (Å²) in [5.41, 5.74) is 3.81. The SMILES string of the molecule is Cc1nn(C)cc1CN1CCN(Cc2ccsc2)[C@@H](CCO)C1. The van der Waals surface area contributed by atoms with Crippen molar-refractivity contribution in [1.29, 1.82) is 0 Å². The van der Waals surface area contributed by atoms with Crippen LogP contribution >= 0.6 is 11.3 Å². The zero-order valence-electron chi connectivity index (χ0n) is 14.0.